The Labute approximate surface area is 87.6 Å². The number of nitrogens with zero attached hydrogens (tertiary/aromatic N) is 2. The molecule has 15 heavy (non-hydrogen) atoms. The van der Waals surface area contributed by atoms with E-state index >= 15 is 0 Å². The number of carboxylic acid groups (broad SMARTS) is 1. The minimum atomic E-state index is -1.03. The van der Waals surface area contributed by atoms with E-state index < -0.39 is 5.97 Å². The standard InChI is InChI=1S/C10H13N3O2/c1-6(7-2-3-7)13-9-4-8(10(14)15)11-5-12-9/h4-7H,2-3H2,1H3,(H,14,15)(H,11,12,13). The van der Waals surface area contributed by atoms with Crippen LogP contribution < -0.4 is 5.32 Å². The summed E-state index contributed by atoms with van der Waals surface area (Å²) in [7, 11) is 0. The zero-order valence-electron chi connectivity index (χ0n) is 8.47. The number of hydrogen-bond donors (Lipinski definition) is 2. The molecule has 5 nitrogen and oxygen atoms in total. The third-order valence-corrected chi connectivity index (χ3v) is 2.59. The second-order valence-corrected chi connectivity index (χ2v) is 3.86. The molecule has 0 aliphatic heterocycles. The second-order valence-electron chi connectivity index (χ2n) is 3.86. The van der Waals surface area contributed by atoms with Crippen LogP contribution in [0.25, 0.3) is 0 Å². The average molecular weight is 207 g/mol. The predicted octanol–water partition coefficient (Wildman–Crippen LogP) is 1.39. The van der Waals surface area contributed by atoms with Gasteiger partial charge >= 0.3 is 5.97 Å². The van der Waals surface area contributed by atoms with Crippen molar-refractivity contribution in [1.82, 2.24) is 9.97 Å². The first-order valence-corrected chi connectivity index (χ1v) is 4.98. The Balaban J connectivity index is 2.07. The van der Waals surface area contributed by atoms with Gasteiger partial charge in [0.2, 0.25) is 0 Å². The van der Waals surface area contributed by atoms with E-state index in [2.05, 4.69) is 22.2 Å². The Morgan fingerprint density at radius 3 is 2.93 bits per heavy atom. The molecule has 2 rings (SSSR count). The van der Waals surface area contributed by atoms with Crippen LogP contribution in [-0.4, -0.2) is 27.1 Å². The van der Waals surface area contributed by atoms with Crippen LogP contribution >= 0.6 is 0 Å². The maximum absolute atomic E-state index is 10.7. The van der Waals surface area contributed by atoms with Crippen molar-refractivity contribution in [3.8, 4) is 0 Å². The smallest absolute Gasteiger partial charge is 0.354 e. The molecular weight excluding hydrogens is 194 g/mol. The summed E-state index contributed by atoms with van der Waals surface area (Å²) in [5.74, 6) is 0.259. The molecule has 0 radical (unpaired) electrons. The Bertz CT molecular complexity index is 377. The molecule has 1 atom stereocenters. The average Bonchev–Trinajstić information content (AvgIpc) is 3.01. The van der Waals surface area contributed by atoms with Crippen LogP contribution in [-0.2, 0) is 0 Å². The van der Waals surface area contributed by atoms with Crippen molar-refractivity contribution in [3.05, 3.63) is 18.1 Å². The largest absolute Gasteiger partial charge is 0.477 e. The van der Waals surface area contributed by atoms with Gasteiger partial charge in [0.05, 0.1) is 0 Å². The number of nitrogens with one attached hydrogen (secondary N) is 1. The lowest BCUT2D eigenvalue weighted by Crippen LogP contribution is -2.18. The minimum Gasteiger partial charge on any atom is -0.477 e. The first-order valence-electron chi connectivity index (χ1n) is 4.98. The quantitative estimate of drug-likeness (QED) is 0.780. The number of aromatic nitrogens is 2. The van der Waals surface area contributed by atoms with Crippen LogP contribution in [0.1, 0.15) is 30.3 Å². The number of carbonyl (C=O) groups is 1. The van der Waals surface area contributed by atoms with E-state index in [0.29, 0.717) is 17.8 Å². The summed E-state index contributed by atoms with van der Waals surface area (Å²) in [5, 5.41) is 11.9. The molecule has 0 spiro atoms. The van der Waals surface area contributed by atoms with E-state index in [-0.39, 0.29) is 5.69 Å². The molecule has 5 heteroatoms. The highest BCUT2D eigenvalue weighted by Crippen LogP contribution is 2.33. The van der Waals surface area contributed by atoms with E-state index in [1.165, 1.54) is 25.2 Å². The van der Waals surface area contributed by atoms with Gasteiger partial charge in [-0.1, -0.05) is 0 Å². The molecule has 1 fully saturated rings. The van der Waals surface area contributed by atoms with E-state index in [1.54, 1.807) is 0 Å². The van der Waals surface area contributed by atoms with Crippen LogP contribution in [0.15, 0.2) is 12.4 Å². The van der Waals surface area contributed by atoms with E-state index in [1.807, 2.05) is 0 Å². The van der Waals surface area contributed by atoms with E-state index in [4.69, 9.17) is 5.11 Å². The molecule has 1 aliphatic rings. The summed E-state index contributed by atoms with van der Waals surface area (Å²) in [4.78, 5) is 18.3. The van der Waals surface area contributed by atoms with Gasteiger partial charge in [0.25, 0.3) is 0 Å². The molecule has 1 aliphatic carbocycles. The van der Waals surface area contributed by atoms with Gasteiger partial charge in [-0.3, -0.25) is 0 Å². The fourth-order valence-electron chi connectivity index (χ4n) is 1.50. The Kier molecular flexibility index (Phi) is 2.53. The number of hydrogen-bond acceptors (Lipinski definition) is 4. The number of carboxylic acids is 1. The van der Waals surface area contributed by atoms with Crippen LogP contribution in [0.3, 0.4) is 0 Å². The predicted molar refractivity (Wildman–Crippen MR) is 54.8 cm³/mol. The molecule has 1 saturated carbocycles. The molecule has 0 aromatic carbocycles. The van der Waals surface area contributed by atoms with E-state index in [0.717, 1.165) is 0 Å². The number of aromatic carboxylic acids is 1. The highest BCUT2D eigenvalue weighted by molar-refractivity contribution is 5.86. The fourth-order valence-corrected chi connectivity index (χ4v) is 1.50. The summed E-state index contributed by atoms with van der Waals surface area (Å²) in [6.07, 6.45) is 3.75. The van der Waals surface area contributed by atoms with Gasteiger partial charge in [0.1, 0.15) is 12.1 Å². The Morgan fingerprint density at radius 1 is 1.60 bits per heavy atom. The summed E-state index contributed by atoms with van der Waals surface area (Å²) < 4.78 is 0. The van der Waals surface area contributed by atoms with Crippen molar-refractivity contribution in [2.45, 2.75) is 25.8 Å². The van der Waals surface area contributed by atoms with Gasteiger partial charge in [0, 0.05) is 12.1 Å². The van der Waals surface area contributed by atoms with E-state index in [9.17, 15) is 4.79 Å². The monoisotopic (exact) mass is 207 g/mol. The maximum Gasteiger partial charge on any atom is 0.354 e. The minimum absolute atomic E-state index is 0.0236. The molecule has 80 valence electrons. The maximum atomic E-state index is 10.7. The molecule has 1 aromatic rings. The van der Waals surface area contributed by atoms with Crippen molar-refractivity contribution in [1.29, 1.82) is 0 Å². The first kappa shape index (κ1) is 9.89. The third-order valence-electron chi connectivity index (χ3n) is 2.59. The molecule has 0 saturated heterocycles. The SMILES string of the molecule is CC(Nc1cc(C(=O)O)ncn1)C1CC1. The van der Waals surface area contributed by atoms with Gasteiger partial charge in [-0.05, 0) is 25.7 Å². The van der Waals surface area contributed by atoms with Gasteiger partial charge in [-0.2, -0.15) is 0 Å². The van der Waals surface area contributed by atoms with Crippen molar-refractivity contribution in [3.63, 3.8) is 0 Å². The van der Waals surface area contributed by atoms with Crippen LogP contribution in [0.5, 0.6) is 0 Å². The van der Waals surface area contributed by atoms with Crippen molar-refractivity contribution in [2.24, 2.45) is 5.92 Å². The van der Waals surface area contributed by atoms with Crippen molar-refractivity contribution in [2.75, 3.05) is 5.32 Å². The van der Waals surface area contributed by atoms with Crippen LogP contribution in [0.2, 0.25) is 0 Å². The normalized spacial score (nSPS) is 17.1. The van der Waals surface area contributed by atoms with Gasteiger partial charge in [-0.25, -0.2) is 14.8 Å². The lowest BCUT2D eigenvalue weighted by atomic mass is 10.2. The van der Waals surface area contributed by atoms with Crippen LogP contribution in [0.4, 0.5) is 5.82 Å². The van der Waals surface area contributed by atoms with Crippen molar-refractivity contribution < 1.29 is 9.90 Å². The lowest BCUT2D eigenvalue weighted by molar-refractivity contribution is 0.0690. The Morgan fingerprint density at radius 2 is 2.33 bits per heavy atom. The first-order chi connectivity index (χ1) is 7.16. The summed E-state index contributed by atoms with van der Waals surface area (Å²) in [6, 6.07) is 1.81. The molecule has 1 aromatic heterocycles. The summed E-state index contributed by atoms with van der Waals surface area (Å²) in [5.41, 5.74) is 0.0236. The molecule has 1 unspecified atom stereocenters. The third kappa shape index (κ3) is 2.43. The zero-order chi connectivity index (χ0) is 10.8. The highest BCUT2D eigenvalue weighted by atomic mass is 16.4. The zero-order valence-corrected chi connectivity index (χ0v) is 8.47. The fraction of sp³-hybridized carbons (Fsp3) is 0.500. The highest BCUT2D eigenvalue weighted by Gasteiger charge is 2.28. The van der Waals surface area contributed by atoms with Crippen LogP contribution in [0, 0.1) is 5.92 Å². The second kappa shape index (κ2) is 3.84. The molecule has 2 N–H and O–H groups in total. The molecule has 0 bridgehead atoms. The summed E-state index contributed by atoms with van der Waals surface area (Å²) >= 11 is 0. The molecule has 1 heterocycles. The topological polar surface area (TPSA) is 75.1 Å². The van der Waals surface area contributed by atoms with Gasteiger partial charge in [-0.15, -0.1) is 0 Å². The summed E-state index contributed by atoms with van der Waals surface area (Å²) in [6.45, 7) is 2.08. The number of rotatable bonds is 4. The lowest BCUT2D eigenvalue weighted by Gasteiger charge is -2.12. The Hall–Kier alpha value is -1.65. The van der Waals surface area contributed by atoms with Gasteiger partial charge in [0.15, 0.2) is 5.69 Å². The van der Waals surface area contributed by atoms with Crippen molar-refractivity contribution >= 4 is 11.8 Å². The molecular formula is C10H13N3O2. The number of anilines is 1. The molecule has 0 amide bonds. The van der Waals surface area contributed by atoms with Gasteiger partial charge < -0.3 is 10.4 Å².